The monoisotopic (exact) mass is 463 g/mol. The highest BCUT2D eigenvalue weighted by molar-refractivity contribution is 5.80. The predicted molar refractivity (Wildman–Crippen MR) is 136 cm³/mol. The molecule has 5 aliphatic rings. The van der Waals surface area contributed by atoms with Crippen molar-refractivity contribution in [3.05, 3.63) is 35.4 Å². The maximum absolute atomic E-state index is 13.9. The normalized spacial score (nSPS) is 41.2. The third kappa shape index (κ3) is 3.85. The molecule has 3 nitrogen and oxygen atoms in total. The zero-order valence-corrected chi connectivity index (χ0v) is 21.5. The third-order valence-electron chi connectivity index (χ3n) is 11.4. The quantitative estimate of drug-likeness (QED) is 0.510. The van der Waals surface area contributed by atoms with Gasteiger partial charge in [-0.25, -0.2) is 0 Å². The van der Waals surface area contributed by atoms with Gasteiger partial charge in [-0.3, -0.25) is 4.79 Å². The van der Waals surface area contributed by atoms with Crippen molar-refractivity contribution in [3.63, 3.8) is 0 Å². The average molecular weight is 464 g/mol. The van der Waals surface area contributed by atoms with Crippen LogP contribution in [0.15, 0.2) is 24.3 Å². The minimum atomic E-state index is 0.230. The van der Waals surface area contributed by atoms with Crippen molar-refractivity contribution in [1.82, 2.24) is 4.90 Å². The van der Waals surface area contributed by atoms with Crippen LogP contribution in [0, 0.1) is 46.8 Å². The summed E-state index contributed by atoms with van der Waals surface area (Å²) >= 11 is 0. The number of hydrogen-bond donors (Lipinski definition) is 0. The molecule has 0 bridgehead atoms. The lowest BCUT2D eigenvalue weighted by Crippen LogP contribution is -2.51. The molecule has 8 unspecified atom stereocenters. The van der Waals surface area contributed by atoms with E-state index in [1.807, 2.05) is 0 Å². The number of nitrogens with zero attached hydrogens (tertiary/aromatic N) is 1. The van der Waals surface area contributed by atoms with Gasteiger partial charge in [0.05, 0.1) is 0 Å². The molecule has 1 aliphatic heterocycles. The fourth-order valence-corrected chi connectivity index (χ4v) is 9.70. The van der Waals surface area contributed by atoms with Gasteiger partial charge in [0.25, 0.3) is 0 Å². The molecule has 0 N–H and O–H groups in total. The summed E-state index contributed by atoms with van der Waals surface area (Å²) in [5.74, 6) is 6.01. The van der Waals surface area contributed by atoms with Crippen LogP contribution >= 0.6 is 0 Å². The van der Waals surface area contributed by atoms with Crippen LogP contribution in [-0.4, -0.2) is 30.6 Å². The number of carbonyl (C=O) groups excluding carboxylic acids is 1. The van der Waals surface area contributed by atoms with Crippen molar-refractivity contribution in [2.24, 2.45) is 46.8 Å². The summed E-state index contributed by atoms with van der Waals surface area (Å²) in [6.07, 6.45) is 13.2. The van der Waals surface area contributed by atoms with Gasteiger partial charge >= 0.3 is 0 Å². The van der Waals surface area contributed by atoms with Crippen LogP contribution in [0.25, 0.3) is 0 Å². The average Bonchev–Trinajstić information content (AvgIpc) is 3.23. The number of benzene rings is 1. The van der Waals surface area contributed by atoms with Crippen LogP contribution in [0.2, 0.25) is 0 Å². The minimum Gasteiger partial charge on any atom is -0.381 e. The van der Waals surface area contributed by atoms with Gasteiger partial charge in [0, 0.05) is 32.2 Å². The van der Waals surface area contributed by atoms with Crippen LogP contribution in [0.4, 0.5) is 0 Å². The van der Waals surface area contributed by atoms with Crippen molar-refractivity contribution >= 4 is 5.91 Å². The van der Waals surface area contributed by atoms with Crippen LogP contribution in [0.5, 0.6) is 0 Å². The first-order valence-corrected chi connectivity index (χ1v) is 14.5. The van der Waals surface area contributed by atoms with E-state index in [1.165, 1.54) is 62.5 Å². The second kappa shape index (κ2) is 9.26. The molecule has 4 aliphatic carbocycles. The smallest absolute Gasteiger partial charge is 0.226 e. The van der Waals surface area contributed by atoms with Crippen LogP contribution in [-0.2, 0) is 22.5 Å². The SMILES string of the molecule is CCOCC1CCC2C(CCC3C2CCC2(C)C(C(=O)N4CCc5ccccc5C4)CCC32)C1. The van der Waals surface area contributed by atoms with E-state index in [0.29, 0.717) is 5.91 Å². The third-order valence-corrected chi connectivity index (χ3v) is 11.4. The predicted octanol–water partition coefficient (Wildman–Crippen LogP) is 6.49. The van der Waals surface area contributed by atoms with Crippen molar-refractivity contribution in [2.75, 3.05) is 19.8 Å². The Bertz CT molecular complexity index is 897. The lowest BCUT2D eigenvalue weighted by Gasteiger charge is -2.56. The Morgan fingerprint density at radius 1 is 1.00 bits per heavy atom. The van der Waals surface area contributed by atoms with Gasteiger partial charge in [0.1, 0.15) is 0 Å². The molecule has 1 aromatic rings. The van der Waals surface area contributed by atoms with Gasteiger partial charge in [-0.05, 0) is 123 Å². The van der Waals surface area contributed by atoms with E-state index < -0.39 is 0 Å². The molecule has 1 amide bonds. The summed E-state index contributed by atoms with van der Waals surface area (Å²) in [5, 5.41) is 0. The maximum Gasteiger partial charge on any atom is 0.226 e. The summed E-state index contributed by atoms with van der Waals surface area (Å²) < 4.78 is 5.80. The lowest BCUT2D eigenvalue weighted by molar-refractivity contribution is -0.144. The molecule has 4 fully saturated rings. The van der Waals surface area contributed by atoms with E-state index in [0.717, 1.165) is 74.7 Å². The molecule has 34 heavy (non-hydrogen) atoms. The zero-order valence-electron chi connectivity index (χ0n) is 21.5. The van der Waals surface area contributed by atoms with E-state index in [9.17, 15) is 4.79 Å². The highest BCUT2D eigenvalue weighted by Gasteiger charge is 2.59. The summed E-state index contributed by atoms with van der Waals surface area (Å²) in [5.41, 5.74) is 3.04. The number of amides is 1. The molecule has 0 spiro atoms. The Morgan fingerprint density at radius 3 is 2.68 bits per heavy atom. The summed E-state index contributed by atoms with van der Waals surface area (Å²) in [7, 11) is 0. The number of fused-ring (bicyclic) bond motifs is 6. The Morgan fingerprint density at radius 2 is 1.82 bits per heavy atom. The van der Waals surface area contributed by atoms with Crippen molar-refractivity contribution in [3.8, 4) is 0 Å². The molecular formula is C31H45NO2. The standard InChI is InChI=1S/C31H45NO2/c1-3-34-20-21-8-10-25-23(18-21)9-11-27-26(25)14-16-31(2)28(27)12-13-29(31)30(33)32-17-15-22-6-4-5-7-24(22)19-32/h4-7,21,23,25-29H,3,8-20H2,1-2H3. The first-order valence-electron chi connectivity index (χ1n) is 14.5. The van der Waals surface area contributed by atoms with Crippen molar-refractivity contribution in [2.45, 2.75) is 84.6 Å². The van der Waals surface area contributed by atoms with Gasteiger partial charge in [-0.2, -0.15) is 0 Å². The number of hydrogen-bond acceptors (Lipinski definition) is 2. The van der Waals surface area contributed by atoms with Crippen LogP contribution < -0.4 is 0 Å². The summed E-state index contributed by atoms with van der Waals surface area (Å²) in [4.78, 5) is 16.1. The Balaban J connectivity index is 1.14. The molecule has 0 aromatic heterocycles. The van der Waals surface area contributed by atoms with E-state index in [1.54, 1.807) is 0 Å². The highest BCUT2D eigenvalue weighted by Crippen LogP contribution is 2.64. The molecular weight excluding hydrogens is 418 g/mol. The second-order valence-corrected chi connectivity index (χ2v) is 12.7. The largest absolute Gasteiger partial charge is 0.381 e. The minimum absolute atomic E-state index is 0.230. The van der Waals surface area contributed by atoms with Gasteiger partial charge in [0.15, 0.2) is 0 Å². The number of carbonyl (C=O) groups is 1. The molecule has 8 atom stereocenters. The molecule has 0 saturated heterocycles. The van der Waals surface area contributed by atoms with E-state index in [-0.39, 0.29) is 11.3 Å². The molecule has 3 heteroatoms. The summed E-state index contributed by atoms with van der Waals surface area (Å²) in [6, 6.07) is 8.73. The maximum atomic E-state index is 13.9. The Labute approximate surface area is 207 Å². The Kier molecular flexibility index (Phi) is 6.29. The van der Waals surface area contributed by atoms with Crippen LogP contribution in [0.1, 0.15) is 82.8 Å². The van der Waals surface area contributed by atoms with E-state index >= 15 is 0 Å². The molecule has 4 saturated carbocycles. The number of rotatable bonds is 4. The lowest BCUT2D eigenvalue weighted by atomic mass is 9.49. The fraction of sp³-hybridized carbons (Fsp3) is 0.774. The highest BCUT2D eigenvalue weighted by atomic mass is 16.5. The molecule has 1 aromatic carbocycles. The van der Waals surface area contributed by atoms with Gasteiger partial charge in [-0.1, -0.05) is 31.2 Å². The van der Waals surface area contributed by atoms with Gasteiger partial charge < -0.3 is 9.64 Å². The topological polar surface area (TPSA) is 29.5 Å². The molecule has 186 valence electrons. The van der Waals surface area contributed by atoms with Gasteiger partial charge in [0.2, 0.25) is 5.91 Å². The first kappa shape index (κ1) is 23.1. The first-order chi connectivity index (χ1) is 16.6. The van der Waals surface area contributed by atoms with Crippen molar-refractivity contribution in [1.29, 1.82) is 0 Å². The zero-order chi connectivity index (χ0) is 23.3. The summed E-state index contributed by atoms with van der Waals surface area (Å²) in [6.45, 7) is 8.22. The van der Waals surface area contributed by atoms with E-state index in [4.69, 9.17) is 4.74 Å². The molecule has 0 radical (unpaired) electrons. The fourth-order valence-electron chi connectivity index (χ4n) is 9.70. The molecule has 6 rings (SSSR count). The Hall–Kier alpha value is -1.35. The second-order valence-electron chi connectivity index (χ2n) is 12.7. The van der Waals surface area contributed by atoms with Crippen LogP contribution in [0.3, 0.4) is 0 Å². The van der Waals surface area contributed by atoms with E-state index in [2.05, 4.69) is 43.0 Å². The van der Waals surface area contributed by atoms with Crippen molar-refractivity contribution < 1.29 is 9.53 Å². The molecule has 1 heterocycles. The van der Waals surface area contributed by atoms with Gasteiger partial charge in [-0.15, -0.1) is 0 Å². The number of ether oxygens (including phenoxy) is 1.